The zero-order valence-corrected chi connectivity index (χ0v) is 30.2. The van der Waals surface area contributed by atoms with Gasteiger partial charge in [0.05, 0.1) is 46.8 Å². The number of rotatable bonds is 15. The maximum Gasteiger partial charge on any atom is 0.331 e. The summed E-state index contributed by atoms with van der Waals surface area (Å²) in [5.41, 5.74) is -1.01. The van der Waals surface area contributed by atoms with Crippen LogP contribution in [-0.4, -0.2) is 172 Å². The number of hydrogen-bond acceptors (Lipinski definition) is 19. The van der Waals surface area contributed by atoms with E-state index in [1.54, 1.807) is 12.1 Å². The molecule has 0 bridgehead atoms. The van der Waals surface area contributed by atoms with Crippen molar-refractivity contribution >= 4 is 12.0 Å². The van der Waals surface area contributed by atoms with E-state index in [0.29, 0.717) is 11.1 Å². The Kier molecular flexibility index (Phi) is 14.3. The van der Waals surface area contributed by atoms with Gasteiger partial charge in [-0.05, 0) is 54.8 Å². The average Bonchev–Trinajstić information content (AvgIpc) is 3.46. The van der Waals surface area contributed by atoms with E-state index in [1.165, 1.54) is 51.5 Å². The van der Waals surface area contributed by atoms with E-state index in [2.05, 4.69) is 0 Å². The van der Waals surface area contributed by atoms with Crippen molar-refractivity contribution in [3.63, 3.8) is 0 Å². The van der Waals surface area contributed by atoms with Gasteiger partial charge in [-0.25, -0.2) is 4.79 Å². The number of hydrogen-bond donors (Lipinski definition) is 9. The highest BCUT2D eigenvalue weighted by atomic mass is 16.8. The predicted molar refractivity (Wildman–Crippen MR) is 184 cm³/mol. The monoisotopic (exact) mass is 784 g/mol. The minimum atomic E-state index is -2.12. The third kappa shape index (κ3) is 9.84. The summed E-state index contributed by atoms with van der Waals surface area (Å²) in [6.07, 6.45) is -16.1. The van der Waals surface area contributed by atoms with Crippen molar-refractivity contribution in [2.24, 2.45) is 0 Å². The number of ether oxygens (including phenoxy) is 9. The fourth-order valence-electron chi connectivity index (χ4n) is 6.17. The molecule has 2 aromatic carbocycles. The van der Waals surface area contributed by atoms with E-state index in [9.17, 15) is 50.8 Å². The van der Waals surface area contributed by atoms with E-state index in [1.807, 2.05) is 0 Å². The fourth-order valence-corrected chi connectivity index (χ4v) is 6.17. The summed E-state index contributed by atoms with van der Waals surface area (Å²) in [4.78, 5) is 13.4. The molecule has 0 saturated carbocycles. The Bertz CT molecular complexity index is 1610. The number of benzene rings is 2. The molecule has 306 valence electrons. The van der Waals surface area contributed by atoms with Gasteiger partial charge in [0.15, 0.2) is 48.0 Å². The summed E-state index contributed by atoms with van der Waals surface area (Å²) in [6.45, 7) is -0.656. The number of carbonyl (C=O) groups excluding carboxylic acids is 1. The summed E-state index contributed by atoms with van der Waals surface area (Å²) in [7, 11) is 2.74. The Hall–Kier alpha value is -3.67. The zero-order chi connectivity index (χ0) is 40.0. The van der Waals surface area contributed by atoms with Gasteiger partial charge in [-0.1, -0.05) is 12.1 Å². The average molecular weight is 785 g/mol. The van der Waals surface area contributed by atoms with Gasteiger partial charge in [-0.2, -0.15) is 0 Å². The molecule has 0 amide bonds. The lowest BCUT2D eigenvalue weighted by atomic mass is 9.97. The number of esters is 1. The predicted octanol–water partition coefficient (Wildman–Crippen LogP) is -1.94. The number of aliphatic hydroxyl groups is 7. The number of methoxy groups -OCH3 is 2. The van der Waals surface area contributed by atoms with Crippen LogP contribution >= 0.6 is 0 Å². The van der Waals surface area contributed by atoms with Crippen LogP contribution in [0.3, 0.4) is 0 Å². The molecule has 0 unspecified atom stereocenters. The van der Waals surface area contributed by atoms with Crippen molar-refractivity contribution in [3.05, 3.63) is 53.6 Å². The van der Waals surface area contributed by atoms with Crippen molar-refractivity contribution in [1.29, 1.82) is 0 Å². The van der Waals surface area contributed by atoms with E-state index >= 15 is 0 Å². The molecule has 19 nitrogen and oxygen atoms in total. The number of aromatic hydroxyl groups is 2. The highest BCUT2D eigenvalue weighted by Crippen LogP contribution is 2.34. The topological polar surface area (TPSA) is 282 Å². The second-order valence-corrected chi connectivity index (χ2v) is 13.3. The molecule has 3 aliphatic rings. The molecule has 3 heterocycles. The minimum Gasteiger partial charge on any atom is -0.504 e. The van der Waals surface area contributed by atoms with Gasteiger partial charge in [0, 0.05) is 6.08 Å². The smallest absolute Gasteiger partial charge is 0.331 e. The van der Waals surface area contributed by atoms with Crippen LogP contribution in [0.1, 0.15) is 18.1 Å². The van der Waals surface area contributed by atoms with Gasteiger partial charge in [-0.15, -0.1) is 0 Å². The van der Waals surface area contributed by atoms with Crippen molar-refractivity contribution < 1.29 is 93.4 Å². The minimum absolute atomic E-state index is 0.0767. The van der Waals surface area contributed by atoms with Crippen LogP contribution in [0, 0.1) is 0 Å². The van der Waals surface area contributed by atoms with E-state index < -0.39 is 105 Å². The van der Waals surface area contributed by atoms with Crippen molar-refractivity contribution in [2.45, 2.75) is 92.8 Å². The first kappa shape index (κ1) is 42.5. The van der Waals surface area contributed by atoms with E-state index in [-0.39, 0.29) is 36.0 Å². The number of phenols is 2. The quantitative estimate of drug-likeness (QED) is 0.0701. The normalized spacial score (nSPS) is 35.2. The molecule has 9 N–H and O–H groups in total. The van der Waals surface area contributed by atoms with E-state index in [4.69, 9.17) is 42.6 Å². The molecule has 0 radical (unpaired) electrons. The van der Waals surface area contributed by atoms with Crippen LogP contribution in [0.25, 0.3) is 6.08 Å². The van der Waals surface area contributed by atoms with Gasteiger partial charge < -0.3 is 88.6 Å². The van der Waals surface area contributed by atoms with Crippen LogP contribution in [0.2, 0.25) is 0 Å². The van der Waals surface area contributed by atoms with Gasteiger partial charge >= 0.3 is 5.97 Å². The molecule has 3 saturated heterocycles. The standard InChI is InChI=1S/C36H48O19/c1-17-26(41)27(42)28(43)33(52-17)50-14-24-30(54-25(40)9-6-18-4-7-20(38)22(12-18)47-2)31(55-35-32(45)36(46,15-37)16-51-35)29(44)34(53-24)49-11-10-19-5-8-21(39)23(13-19)48-3/h4-9,12-13,17,24,26-35,37-39,41-46H,10-11,14-16H2,1-3H3/b9-6+/t17-,24+,26-,27+,28+,29+,30+,31+,32-,33+,34+,35-,36+/m0/s1. The second kappa shape index (κ2) is 18.5. The molecule has 2 aromatic rings. The van der Waals surface area contributed by atoms with Crippen LogP contribution < -0.4 is 9.47 Å². The van der Waals surface area contributed by atoms with Crippen molar-refractivity contribution in [2.75, 3.05) is 40.6 Å². The molecule has 13 atom stereocenters. The SMILES string of the molecule is COc1cc(/C=C/C(=O)O[C@H]2[C@H](O[C@@H]3OC[C@](O)(CO)[C@H]3O)[C@@H](O)[C@H](OCCc3ccc(O)c(OC)c3)O[C@@H]2CO[C@@H]2O[C@@H](C)[C@H](O)[C@@H](O)[C@H]2O)ccc1O. The number of aliphatic hydroxyl groups excluding tert-OH is 6. The van der Waals surface area contributed by atoms with Crippen LogP contribution in [-0.2, 0) is 44.4 Å². The van der Waals surface area contributed by atoms with E-state index in [0.717, 1.165) is 6.08 Å². The summed E-state index contributed by atoms with van der Waals surface area (Å²) < 4.78 is 50.8. The third-order valence-electron chi connectivity index (χ3n) is 9.50. The first-order valence-electron chi connectivity index (χ1n) is 17.4. The molecule has 3 fully saturated rings. The van der Waals surface area contributed by atoms with Crippen LogP contribution in [0.5, 0.6) is 23.0 Å². The van der Waals surface area contributed by atoms with Gasteiger partial charge in [0.1, 0.15) is 48.3 Å². The molecule has 0 aliphatic carbocycles. The van der Waals surface area contributed by atoms with Gasteiger partial charge in [-0.3, -0.25) is 0 Å². The maximum absolute atomic E-state index is 13.4. The lowest BCUT2D eigenvalue weighted by Crippen LogP contribution is -2.63. The number of carbonyl (C=O) groups is 1. The Labute approximate surface area is 315 Å². The Morgan fingerprint density at radius 1 is 0.855 bits per heavy atom. The molecule has 0 aromatic heterocycles. The Balaban J connectivity index is 1.42. The first-order chi connectivity index (χ1) is 26.2. The highest BCUT2D eigenvalue weighted by molar-refractivity contribution is 5.87. The maximum atomic E-state index is 13.4. The second-order valence-electron chi connectivity index (χ2n) is 13.3. The Morgan fingerprint density at radius 2 is 1.53 bits per heavy atom. The molecule has 3 aliphatic heterocycles. The lowest BCUT2D eigenvalue weighted by molar-refractivity contribution is -0.344. The molecule has 19 heteroatoms. The van der Waals surface area contributed by atoms with Crippen LogP contribution in [0.4, 0.5) is 0 Å². The lowest BCUT2D eigenvalue weighted by Gasteiger charge is -2.45. The highest BCUT2D eigenvalue weighted by Gasteiger charge is 2.55. The van der Waals surface area contributed by atoms with Crippen LogP contribution in [0.15, 0.2) is 42.5 Å². The summed E-state index contributed by atoms with van der Waals surface area (Å²) in [5, 5.41) is 93.7. The molecular weight excluding hydrogens is 736 g/mol. The van der Waals surface area contributed by atoms with Crippen molar-refractivity contribution in [1.82, 2.24) is 0 Å². The van der Waals surface area contributed by atoms with Gasteiger partial charge in [0.25, 0.3) is 0 Å². The summed E-state index contributed by atoms with van der Waals surface area (Å²) in [6, 6.07) is 8.94. The molecule has 5 rings (SSSR count). The summed E-state index contributed by atoms with van der Waals surface area (Å²) in [5.74, 6) is -0.846. The third-order valence-corrected chi connectivity index (χ3v) is 9.50. The van der Waals surface area contributed by atoms with Crippen molar-refractivity contribution in [3.8, 4) is 23.0 Å². The first-order valence-corrected chi connectivity index (χ1v) is 17.4. The largest absolute Gasteiger partial charge is 0.504 e. The molecular formula is C36H48O19. The Morgan fingerprint density at radius 3 is 2.20 bits per heavy atom. The summed E-state index contributed by atoms with van der Waals surface area (Å²) >= 11 is 0. The molecule has 0 spiro atoms. The molecule has 55 heavy (non-hydrogen) atoms. The van der Waals surface area contributed by atoms with Gasteiger partial charge in [0.2, 0.25) is 0 Å². The zero-order valence-electron chi connectivity index (χ0n) is 30.2. The fraction of sp³-hybridized carbons (Fsp3) is 0.583. The number of phenolic OH excluding ortho intramolecular Hbond substituents is 2.